The Hall–Kier alpha value is -1.99. The molecule has 0 aromatic carbocycles. The van der Waals surface area contributed by atoms with Crippen LogP contribution in [0.25, 0.3) is 0 Å². The maximum Gasteiger partial charge on any atom is 0.324 e. The Morgan fingerprint density at radius 3 is 2.95 bits per heavy atom. The van der Waals surface area contributed by atoms with E-state index in [9.17, 15) is 10.1 Å². The van der Waals surface area contributed by atoms with Gasteiger partial charge >= 0.3 is 5.00 Å². The second kappa shape index (κ2) is 6.26. The third-order valence-corrected chi connectivity index (χ3v) is 3.50. The third-order valence-electron chi connectivity index (χ3n) is 2.46. The monoisotopic (exact) mass is 279 g/mol. The number of pyridine rings is 1. The first kappa shape index (κ1) is 13.4. The fourth-order valence-corrected chi connectivity index (χ4v) is 2.35. The van der Waals surface area contributed by atoms with Gasteiger partial charge in [0.25, 0.3) is 0 Å². The van der Waals surface area contributed by atoms with Crippen LogP contribution in [0.5, 0.6) is 5.88 Å². The van der Waals surface area contributed by atoms with Crippen LogP contribution < -0.4 is 10.1 Å². The van der Waals surface area contributed by atoms with E-state index < -0.39 is 0 Å². The molecule has 7 heteroatoms. The van der Waals surface area contributed by atoms with Crippen LogP contribution in [0, 0.1) is 10.1 Å². The summed E-state index contributed by atoms with van der Waals surface area (Å²) < 4.78 is 5.04. The first-order chi connectivity index (χ1) is 9.19. The zero-order chi connectivity index (χ0) is 13.7. The molecular formula is C12H13N3O3S. The van der Waals surface area contributed by atoms with Crippen molar-refractivity contribution >= 4 is 16.3 Å². The van der Waals surface area contributed by atoms with Crippen molar-refractivity contribution < 1.29 is 9.66 Å². The summed E-state index contributed by atoms with van der Waals surface area (Å²) in [4.78, 5) is 15.1. The van der Waals surface area contributed by atoms with Crippen LogP contribution in [0.3, 0.4) is 0 Å². The summed E-state index contributed by atoms with van der Waals surface area (Å²) in [6.45, 7) is 1.26. The van der Waals surface area contributed by atoms with Crippen LogP contribution in [0.1, 0.15) is 10.4 Å². The number of ether oxygens (including phenoxy) is 1. The van der Waals surface area contributed by atoms with E-state index in [0.29, 0.717) is 19.0 Å². The maximum absolute atomic E-state index is 10.6. The van der Waals surface area contributed by atoms with E-state index in [4.69, 9.17) is 4.74 Å². The maximum atomic E-state index is 10.6. The van der Waals surface area contributed by atoms with Gasteiger partial charge < -0.3 is 10.1 Å². The second-order valence-corrected chi connectivity index (χ2v) is 4.95. The topological polar surface area (TPSA) is 77.3 Å². The van der Waals surface area contributed by atoms with Gasteiger partial charge in [0.05, 0.1) is 12.0 Å². The summed E-state index contributed by atoms with van der Waals surface area (Å²) in [6, 6.07) is 7.04. The summed E-state index contributed by atoms with van der Waals surface area (Å²) in [7, 11) is 1.57. The van der Waals surface area contributed by atoms with Crippen molar-refractivity contribution in [3.8, 4) is 5.88 Å². The van der Waals surface area contributed by atoms with Crippen LogP contribution in [0.2, 0.25) is 0 Å². The van der Waals surface area contributed by atoms with Gasteiger partial charge in [-0.25, -0.2) is 4.98 Å². The molecule has 2 aromatic heterocycles. The average Bonchev–Trinajstić information content (AvgIpc) is 2.88. The Labute approximate surface area is 114 Å². The fourth-order valence-electron chi connectivity index (χ4n) is 1.56. The number of nitro groups is 1. The highest BCUT2D eigenvalue weighted by atomic mass is 32.1. The van der Waals surface area contributed by atoms with Gasteiger partial charge in [0.1, 0.15) is 0 Å². The second-order valence-electron chi connectivity index (χ2n) is 3.81. The smallest absolute Gasteiger partial charge is 0.324 e. The quantitative estimate of drug-likeness (QED) is 0.648. The highest BCUT2D eigenvalue weighted by Gasteiger charge is 2.09. The summed E-state index contributed by atoms with van der Waals surface area (Å²) in [5.41, 5.74) is 1.05. The summed E-state index contributed by atoms with van der Waals surface area (Å²) in [6.07, 6.45) is 1.69. The minimum atomic E-state index is -0.373. The average molecular weight is 279 g/mol. The van der Waals surface area contributed by atoms with Gasteiger partial charge in [-0.1, -0.05) is 11.3 Å². The fraction of sp³-hybridized carbons (Fsp3) is 0.250. The molecule has 0 aliphatic carbocycles. The van der Waals surface area contributed by atoms with E-state index >= 15 is 0 Å². The van der Waals surface area contributed by atoms with E-state index in [1.54, 1.807) is 19.4 Å². The molecule has 0 spiro atoms. The number of aromatic nitrogens is 1. The summed E-state index contributed by atoms with van der Waals surface area (Å²) >= 11 is 1.19. The first-order valence-electron chi connectivity index (χ1n) is 5.62. The first-order valence-corrected chi connectivity index (χ1v) is 6.43. The van der Waals surface area contributed by atoms with Crippen molar-refractivity contribution in [2.45, 2.75) is 13.1 Å². The molecule has 2 heterocycles. The van der Waals surface area contributed by atoms with Crippen molar-refractivity contribution in [2.75, 3.05) is 7.11 Å². The Morgan fingerprint density at radius 1 is 1.42 bits per heavy atom. The zero-order valence-electron chi connectivity index (χ0n) is 10.3. The van der Waals surface area contributed by atoms with Crippen LogP contribution in [0.15, 0.2) is 30.5 Å². The van der Waals surface area contributed by atoms with E-state index in [0.717, 1.165) is 10.4 Å². The number of nitrogens with one attached hydrogen (secondary N) is 1. The van der Waals surface area contributed by atoms with Gasteiger partial charge in [-0.3, -0.25) is 10.1 Å². The number of hydrogen-bond donors (Lipinski definition) is 1. The van der Waals surface area contributed by atoms with E-state index in [1.807, 2.05) is 12.1 Å². The molecule has 0 amide bonds. The van der Waals surface area contributed by atoms with E-state index in [-0.39, 0.29) is 9.92 Å². The van der Waals surface area contributed by atoms with Crippen LogP contribution >= 0.6 is 11.3 Å². The summed E-state index contributed by atoms with van der Waals surface area (Å²) in [5, 5.41) is 13.9. The van der Waals surface area contributed by atoms with Crippen LogP contribution in [-0.2, 0) is 13.1 Å². The molecule has 1 N–H and O–H groups in total. The van der Waals surface area contributed by atoms with E-state index in [1.165, 1.54) is 17.4 Å². The van der Waals surface area contributed by atoms with Gasteiger partial charge in [0.15, 0.2) is 0 Å². The number of methoxy groups -OCH3 is 1. The molecule has 19 heavy (non-hydrogen) atoms. The van der Waals surface area contributed by atoms with E-state index in [2.05, 4.69) is 10.3 Å². The highest BCUT2D eigenvalue weighted by molar-refractivity contribution is 7.15. The number of rotatable bonds is 6. The lowest BCUT2D eigenvalue weighted by atomic mass is 10.2. The number of hydrogen-bond acceptors (Lipinski definition) is 6. The minimum absolute atomic E-state index is 0.169. The molecule has 2 rings (SSSR count). The number of nitrogens with zero attached hydrogens (tertiary/aromatic N) is 2. The highest BCUT2D eigenvalue weighted by Crippen LogP contribution is 2.23. The molecule has 0 saturated heterocycles. The third kappa shape index (κ3) is 3.73. The Balaban J connectivity index is 1.86. The lowest BCUT2D eigenvalue weighted by molar-refractivity contribution is -0.380. The van der Waals surface area contributed by atoms with Crippen LogP contribution in [0.4, 0.5) is 5.00 Å². The molecule has 2 aromatic rings. The Morgan fingerprint density at radius 2 is 2.26 bits per heavy atom. The molecule has 6 nitrogen and oxygen atoms in total. The van der Waals surface area contributed by atoms with Crippen molar-refractivity contribution in [2.24, 2.45) is 0 Å². The lowest BCUT2D eigenvalue weighted by Crippen LogP contribution is -2.11. The summed E-state index contributed by atoms with van der Waals surface area (Å²) in [5.74, 6) is 0.575. The Kier molecular flexibility index (Phi) is 4.43. The lowest BCUT2D eigenvalue weighted by Gasteiger charge is -2.04. The van der Waals surface area contributed by atoms with Gasteiger partial charge in [0.2, 0.25) is 5.88 Å². The largest absolute Gasteiger partial charge is 0.481 e. The van der Waals surface area contributed by atoms with Crippen molar-refractivity contribution in [3.05, 3.63) is 51.0 Å². The molecule has 0 unspecified atom stereocenters. The van der Waals surface area contributed by atoms with Gasteiger partial charge in [-0.05, 0) is 17.7 Å². The molecule has 0 fully saturated rings. The molecule has 0 saturated carbocycles. The molecule has 0 aliphatic rings. The SMILES string of the molecule is COc1cc(CNCc2ccc([N+](=O)[O-])s2)ccn1. The predicted molar refractivity (Wildman–Crippen MR) is 72.3 cm³/mol. The minimum Gasteiger partial charge on any atom is -0.481 e. The molecule has 100 valence electrons. The van der Waals surface area contributed by atoms with Crippen LogP contribution in [-0.4, -0.2) is 17.0 Å². The normalized spacial score (nSPS) is 10.4. The van der Waals surface area contributed by atoms with Gasteiger partial charge in [-0.2, -0.15) is 0 Å². The van der Waals surface area contributed by atoms with Crippen molar-refractivity contribution in [3.63, 3.8) is 0 Å². The standard InChI is InChI=1S/C12H13N3O3S/c1-18-11-6-9(4-5-14-11)7-13-8-10-2-3-12(19-10)15(16)17/h2-6,13H,7-8H2,1H3. The molecule has 0 bridgehead atoms. The molecule has 0 atom stereocenters. The van der Waals surface area contributed by atoms with Gasteiger partial charge in [0, 0.05) is 36.3 Å². The molecular weight excluding hydrogens is 266 g/mol. The number of thiophene rings is 1. The molecule has 0 radical (unpaired) electrons. The predicted octanol–water partition coefficient (Wildman–Crippen LogP) is 2.35. The van der Waals surface area contributed by atoms with Gasteiger partial charge in [-0.15, -0.1) is 0 Å². The van der Waals surface area contributed by atoms with Crippen molar-refractivity contribution in [1.82, 2.24) is 10.3 Å². The Bertz CT molecular complexity index is 571. The zero-order valence-corrected chi connectivity index (χ0v) is 11.1. The van der Waals surface area contributed by atoms with Crippen molar-refractivity contribution in [1.29, 1.82) is 0 Å². The molecule has 0 aliphatic heterocycles.